The second kappa shape index (κ2) is 7.46. The van der Waals surface area contributed by atoms with Crippen LogP contribution in [0, 0.1) is 11.7 Å². The normalized spacial score (nSPS) is 17.5. The lowest BCUT2D eigenvalue weighted by Crippen LogP contribution is -2.42. The van der Waals surface area contributed by atoms with E-state index in [1.165, 1.54) is 18.3 Å². The molecule has 2 N–H and O–H groups in total. The minimum Gasteiger partial charge on any atom is -0.338 e. The van der Waals surface area contributed by atoms with Gasteiger partial charge in [-0.1, -0.05) is 12.1 Å². The summed E-state index contributed by atoms with van der Waals surface area (Å²) in [6.07, 6.45) is 4.79. The molecule has 6 nitrogen and oxygen atoms in total. The minimum absolute atomic E-state index is 0.0428. The van der Waals surface area contributed by atoms with Crippen LogP contribution in [0.4, 0.5) is 4.39 Å². The molecule has 1 aromatic heterocycles. The summed E-state index contributed by atoms with van der Waals surface area (Å²) >= 11 is 0. The van der Waals surface area contributed by atoms with Crippen LogP contribution in [0.25, 0.3) is 0 Å². The van der Waals surface area contributed by atoms with Crippen LogP contribution in [0.15, 0.2) is 40.1 Å². The molecule has 0 aliphatic carbocycles. The molecule has 0 spiro atoms. The number of piperidine rings is 1. The molecule has 1 aromatic carbocycles. The first-order valence-electron chi connectivity index (χ1n) is 8.38. The molecule has 1 saturated heterocycles. The van der Waals surface area contributed by atoms with Crippen molar-refractivity contribution >= 4 is 5.91 Å². The maximum Gasteiger partial charge on any atom is 0.325 e. The monoisotopic (exact) mass is 345 g/mol. The van der Waals surface area contributed by atoms with Crippen LogP contribution in [0.5, 0.6) is 0 Å². The third-order valence-electron chi connectivity index (χ3n) is 4.61. The van der Waals surface area contributed by atoms with Gasteiger partial charge in [-0.2, -0.15) is 0 Å². The van der Waals surface area contributed by atoms with E-state index in [-0.39, 0.29) is 17.3 Å². The average Bonchev–Trinajstić information content (AvgIpc) is 2.61. The summed E-state index contributed by atoms with van der Waals surface area (Å²) in [6.45, 7) is 1.18. The van der Waals surface area contributed by atoms with E-state index in [2.05, 4.69) is 9.97 Å². The largest absolute Gasteiger partial charge is 0.338 e. The molecule has 2 aromatic rings. The van der Waals surface area contributed by atoms with E-state index < -0.39 is 11.2 Å². The topological polar surface area (TPSA) is 86.0 Å². The third kappa shape index (κ3) is 4.23. The van der Waals surface area contributed by atoms with Crippen molar-refractivity contribution in [1.82, 2.24) is 14.9 Å². The van der Waals surface area contributed by atoms with Crippen molar-refractivity contribution in [2.75, 3.05) is 13.1 Å². The number of nitrogens with zero attached hydrogens (tertiary/aromatic N) is 1. The van der Waals surface area contributed by atoms with Crippen molar-refractivity contribution < 1.29 is 9.18 Å². The molecule has 1 aliphatic heterocycles. The van der Waals surface area contributed by atoms with Crippen molar-refractivity contribution in [2.24, 2.45) is 5.92 Å². The number of hydrogen-bond donors (Lipinski definition) is 2. The Hall–Kier alpha value is -2.70. The first-order valence-corrected chi connectivity index (χ1v) is 8.38. The van der Waals surface area contributed by atoms with Crippen LogP contribution in [0.3, 0.4) is 0 Å². The molecule has 1 unspecified atom stereocenters. The van der Waals surface area contributed by atoms with Gasteiger partial charge in [0, 0.05) is 19.3 Å². The quantitative estimate of drug-likeness (QED) is 0.884. The highest BCUT2D eigenvalue weighted by Crippen LogP contribution is 2.22. The van der Waals surface area contributed by atoms with Gasteiger partial charge in [0.15, 0.2) is 0 Å². The highest BCUT2D eigenvalue weighted by molar-refractivity contribution is 5.93. The van der Waals surface area contributed by atoms with Crippen LogP contribution in [0.1, 0.15) is 35.2 Å². The predicted octanol–water partition coefficient (Wildman–Crippen LogP) is 1.69. The Kier molecular flexibility index (Phi) is 5.11. The van der Waals surface area contributed by atoms with Crippen LogP contribution in [0.2, 0.25) is 0 Å². The molecule has 132 valence electrons. The molecule has 0 bridgehead atoms. The van der Waals surface area contributed by atoms with Gasteiger partial charge in [-0.05, 0) is 49.3 Å². The number of halogens is 1. The molecular formula is C18H20FN3O3. The number of aromatic amines is 2. The SMILES string of the molecule is O=C(c1c[nH]c(=O)[nH]c1=O)N1CCCC(CCc2ccc(F)cc2)C1. The highest BCUT2D eigenvalue weighted by Gasteiger charge is 2.26. The zero-order chi connectivity index (χ0) is 17.8. The fourth-order valence-corrected chi connectivity index (χ4v) is 3.25. The van der Waals surface area contributed by atoms with Gasteiger partial charge in [0.25, 0.3) is 11.5 Å². The number of benzene rings is 1. The lowest BCUT2D eigenvalue weighted by atomic mass is 9.91. The zero-order valence-electron chi connectivity index (χ0n) is 13.8. The molecular weight excluding hydrogens is 325 g/mol. The number of likely N-dealkylation sites (tertiary alicyclic amines) is 1. The molecule has 0 radical (unpaired) electrons. The van der Waals surface area contributed by atoms with E-state index in [4.69, 9.17) is 0 Å². The summed E-state index contributed by atoms with van der Waals surface area (Å²) in [4.78, 5) is 41.5. The Bertz CT molecular complexity index is 857. The summed E-state index contributed by atoms with van der Waals surface area (Å²) in [5, 5.41) is 0. The van der Waals surface area contributed by atoms with Crippen LogP contribution < -0.4 is 11.2 Å². The maximum absolute atomic E-state index is 12.9. The van der Waals surface area contributed by atoms with Gasteiger partial charge < -0.3 is 9.88 Å². The van der Waals surface area contributed by atoms with Crippen LogP contribution >= 0.6 is 0 Å². The smallest absolute Gasteiger partial charge is 0.325 e. The van der Waals surface area contributed by atoms with Gasteiger partial charge >= 0.3 is 5.69 Å². The molecule has 25 heavy (non-hydrogen) atoms. The molecule has 2 heterocycles. The van der Waals surface area contributed by atoms with E-state index in [0.717, 1.165) is 31.2 Å². The van der Waals surface area contributed by atoms with Gasteiger partial charge in [-0.3, -0.25) is 14.6 Å². The van der Waals surface area contributed by atoms with E-state index in [0.29, 0.717) is 19.0 Å². The Morgan fingerprint density at radius 2 is 2.00 bits per heavy atom. The second-order valence-corrected chi connectivity index (χ2v) is 6.41. The number of carbonyl (C=O) groups is 1. The number of aromatic nitrogens is 2. The Morgan fingerprint density at radius 1 is 1.24 bits per heavy atom. The van der Waals surface area contributed by atoms with Gasteiger partial charge in [0.1, 0.15) is 11.4 Å². The van der Waals surface area contributed by atoms with E-state index in [1.54, 1.807) is 17.0 Å². The Balaban J connectivity index is 1.62. The number of hydrogen-bond acceptors (Lipinski definition) is 3. The van der Waals surface area contributed by atoms with Gasteiger partial charge in [0.2, 0.25) is 0 Å². The maximum atomic E-state index is 12.9. The van der Waals surface area contributed by atoms with Crippen LogP contribution in [-0.4, -0.2) is 33.9 Å². The number of amides is 1. The number of carbonyl (C=O) groups excluding carboxylic acids is 1. The second-order valence-electron chi connectivity index (χ2n) is 6.41. The van der Waals surface area contributed by atoms with Crippen molar-refractivity contribution in [3.63, 3.8) is 0 Å². The van der Waals surface area contributed by atoms with Gasteiger partial charge in [-0.15, -0.1) is 0 Å². The molecule has 1 amide bonds. The van der Waals surface area contributed by atoms with E-state index in [1.807, 2.05) is 0 Å². The van der Waals surface area contributed by atoms with Crippen molar-refractivity contribution in [1.29, 1.82) is 0 Å². The predicted molar refractivity (Wildman–Crippen MR) is 91.0 cm³/mol. The van der Waals surface area contributed by atoms with E-state index in [9.17, 15) is 18.8 Å². The number of H-pyrrole nitrogens is 2. The summed E-state index contributed by atoms with van der Waals surface area (Å²) in [7, 11) is 0. The van der Waals surface area contributed by atoms with Crippen molar-refractivity contribution in [3.8, 4) is 0 Å². The Labute approximate surface area is 143 Å². The average molecular weight is 345 g/mol. The standard InChI is InChI=1S/C18H20FN3O3/c19-14-7-5-12(6-8-14)3-4-13-2-1-9-22(11-13)17(24)15-10-20-18(25)21-16(15)23/h5-8,10,13H,1-4,9,11H2,(H2,20,21,23,25). The van der Waals surface area contributed by atoms with Crippen molar-refractivity contribution in [3.05, 3.63) is 68.2 Å². The number of nitrogens with one attached hydrogen (secondary N) is 2. The fraction of sp³-hybridized carbons (Fsp3) is 0.389. The molecule has 3 rings (SSSR count). The van der Waals surface area contributed by atoms with Crippen molar-refractivity contribution in [2.45, 2.75) is 25.7 Å². The minimum atomic E-state index is -0.665. The number of aryl methyl sites for hydroxylation is 1. The third-order valence-corrected chi connectivity index (χ3v) is 4.61. The zero-order valence-corrected chi connectivity index (χ0v) is 13.8. The van der Waals surface area contributed by atoms with E-state index >= 15 is 0 Å². The van der Waals surface area contributed by atoms with Crippen LogP contribution in [-0.2, 0) is 6.42 Å². The molecule has 1 fully saturated rings. The molecule has 7 heteroatoms. The van der Waals surface area contributed by atoms with Gasteiger partial charge in [-0.25, -0.2) is 9.18 Å². The summed E-state index contributed by atoms with van der Waals surface area (Å²) in [5.74, 6) is -0.266. The lowest BCUT2D eigenvalue weighted by Gasteiger charge is -2.32. The van der Waals surface area contributed by atoms with Gasteiger partial charge in [0.05, 0.1) is 0 Å². The fourth-order valence-electron chi connectivity index (χ4n) is 3.25. The summed E-state index contributed by atoms with van der Waals surface area (Å²) < 4.78 is 12.9. The Morgan fingerprint density at radius 3 is 2.72 bits per heavy atom. The molecule has 0 saturated carbocycles. The lowest BCUT2D eigenvalue weighted by molar-refractivity contribution is 0.0666. The summed E-state index contributed by atoms with van der Waals surface area (Å²) in [5.41, 5.74) is -0.264. The number of rotatable bonds is 4. The first kappa shape index (κ1) is 17.1. The highest BCUT2D eigenvalue weighted by atomic mass is 19.1. The summed E-state index contributed by atoms with van der Waals surface area (Å²) in [6, 6.07) is 6.46. The molecule has 1 aliphatic rings. The first-order chi connectivity index (χ1) is 12.0. The molecule has 1 atom stereocenters.